The van der Waals surface area contributed by atoms with E-state index in [1.54, 1.807) is 0 Å². The summed E-state index contributed by atoms with van der Waals surface area (Å²) in [6.07, 6.45) is 3.34. The Morgan fingerprint density at radius 3 is 1.43 bits per heavy atom. The number of hydrogen-bond donors (Lipinski definition) is 1. The van der Waals surface area contributed by atoms with Crippen molar-refractivity contribution in [3.05, 3.63) is 77.9 Å². The lowest BCUT2D eigenvalue weighted by Gasteiger charge is -2.10. The molecule has 0 heterocycles. The third-order valence-electron chi connectivity index (χ3n) is 3.24. The van der Waals surface area contributed by atoms with Gasteiger partial charge in [0.15, 0.2) is 0 Å². The first-order valence-corrected chi connectivity index (χ1v) is 8.61. The summed E-state index contributed by atoms with van der Waals surface area (Å²) in [5.41, 5.74) is 3.90. The summed E-state index contributed by atoms with van der Waals surface area (Å²) in [6, 6.07) is 22.3. The Kier molecular flexibility index (Phi) is 9.01. The molecule has 0 amide bonds. The molecule has 2 aromatic rings. The van der Waals surface area contributed by atoms with E-state index in [4.69, 9.17) is 0 Å². The van der Waals surface area contributed by atoms with Crippen LogP contribution < -0.4 is 5.32 Å². The number of allylic oxidation sites excluding steroid dienone is 1. The Morgan fingerprint density at radius 1 is 0.783 bits per heavy atom. The van der Waals surface area contributed by atoms with Crippen molar-refractivity contribution in [2.45, 2.75) is 53.1 Å². The standard InChI is InChI=1S/C16H16.C6H15N/c1-2-9-16(14-10-5-3-6-11-14)15-12-7-4-8-13-15;1-5(2)7-6(3)4/h3-13H,2H2,1H3;5-7H,1-4H3. The molecule has 0 atom stereocenters. The van der Waals surface area contributed by atoms with E-state index in [2.05, 4.69) is 107 Å². The van der Waals surface area contributed by atoms with Gasteiger partial charge in [0.25, 0.3) is 0 Å². The maximum absolute atomic E-state index is 3.31. The molecule has 0 saturated heterocycles. The number of hydrogen-bond acceptors (Lipinski definition) is 1. The maximum atomic E-state index is 3.31. The van der Waals surface area contributed by atoms with Crippen molar-refractivity contribution < 1.29 is 0 Å². The molecule has 0 aromatic heterocycles. The van der Waals surface area contributed by atoms with Crippen LogP contribution in [0.2, 0.25) is 0 Å². The van der Waals surface area contributed by atoms with Crippen LogP contribution in [-0.4, -0.2) is 12.1 Å². The Balaban J connectivity index is 0.000000322. The molecule has 1 heteroatoms. The van der Waals surface area contributed by atoms with Crippen molar-refractivity contribution in [3.8, 4) is 0 Å². The highest BCUT2D eigenvalue weighted by Gasteiger charge is 2.02. The second kappa shape index (κ2) is 10.8. The van der Waals surface area contributed by atoms with Gasteiger partial charge in [0.2, 0.25) is 0 Å². The second-order valence-electron chi connectivity index (χ2n) is 6.23. The highest BCUT2D eigenvalue weighted by molar-refractivity contribution is 5.79. The molecule has 2 rings (SSSR count). The maximum Gasteiger partial charge on any atom is 0.00127 e. The van der Waals surface area contributed by atoms with Gasteiger partial charge in [-0.1, -0.05) is 101 Å². The number of rotatable bonds is 5. The van der Waals surface area contributed by atoms with Crippen LogP contribution in [0.1, 0.15) is 52.2 Å². The normalized spacial score (nSPS) is 10.2. The zero-order chi connectivity index (χ0) is 17.1. The van der Waals surface area contributed by atoms with Crippen molar-refractivity contribution in [1.29, 1.82) is 0 Å². The van der Waals surface area contributed by atoms with Crippen LogP contribution in [0.3, 0.4) is 0 Å². The molecule has 0 bridgehead atoms. The predicted octanol–water partition coefficient (Wildman–Crippen LogP) is 5.92. The minimum atomic E-state index is 0.625. The lowest BCUT2D eigenvalue weighted by Crippen LogP contribution is -2.29. The zero-order valence-corrected chi connectivity index (χ0v) is 15.2. The fraction of sp³-hybridized carbons (Fsp3) is 0.364. The first-order chi connectivity index (χ1) is 11.0. The van der Waals surface area contributed by atoms with E-state index in [-0.39, 0.29) is 0 Å². The number of nitrogens with one attached hydrogen (secondary N) is 1. The van der Waals surface area contributed by atoms with Crippen LogP contribution >= 0.6 is 0 Å². The molecule has 1 N–H and O–H groups in total. The Bertz CT molecular complexity index is 506. The van der Waals surface area contributed by atoms with Crippen LogP contribution in [-0.2, 0) is 0 Å². The molecule has 0 unspecified atom stereocenters. The zero-order valence-electron chi connectivity index (χ0n) is 15.2. The summed E-state index contributed by atoms with van der Waals surface area (Å²) >= 11 is 0. The Morgan fingerprint density at radius 2 is 1.17 bits per heavy atom. The van der Waals surface area contributed by atoms with E-state index in [0.29, 0.717) is 12.1 Å². The first kappa shape index (κ1) is 19.2. The van der Waals surface area contributed by atoms with Crippen molar-refractivity contribution in [2.75, 3.05) is 0 Å². The van der Waals surface area contributed by atoms with E-state index >= 15 is 0 Å². The van der Waals surface area contributed by atoms with Gasteiger partial charge in [-0.2, -0.15) is 0 Å². The van der Waals surface area contributed by atoms with Crippen LogP contribution in [0.5, 0.6) is 0 Å². The van der Waals surface area contributed by atoms with E-state index in [9.17, 15) is 0 Å². The summed E-state index contributed by atoms with van der Waals surface area (Å²) in [7, 11) is 0. The Hall–Kier alpha value is -1.86. The number of benzene rings is 2. The molecule has 1 nitrogen and oxygen atoms in total. The fourth-order valence-electron chi connectivity index (χ4n) is 2.51. The summed E-state index contributed by atoms with van der Waals surface area (Å²) in [6.45, 7) is 10.8. The van der Waals surface area contributed by atoms with E-state index in [1.807, 2.05) is 0 Å². The average Bonchev–Trinajstić information content (AvgIpc) is 2.53. The lowest BCUT2D eigenvalue weighted by atomic mass is 9.97. The highest BCUT2D eigenvalue weighted by atomic mass is 14.9. The van der Waals surface area contributed by atoms with Gasteiger partial charge in [-0.15, -0.1) is 0 Å². The second-order valence-corrected chi connectivity index (χ2v) is 6.23. The molecule has 0 radical (unpaired) electrons. The molecule has 0 aliphatic rings. The average molecular weight is 309 g/mol. The van der Waals surface area contributed by atoms with Gasteiger partial charge < -0.3 is 5.32 Å². The minimum absolute atomic E-state index is 0.625. The van der Waals surface area contributed by atoms with Gasteiger partial charge in [0, 0.05) is 12.1 Å². The van der Waals surface area contributed by atoms with Gasteiger partial charge in [0.1, 0.15) is 0 Å². The third kappa shape index (κ3) is 7.80. The molecule has 2 aromatic carbocycles. The SMILES string of the molecule is CC(C)NC(C)C.CCC=C(c1ccccc1)c1ccccc1. The molecule has 0 aliphatic carbocycles. The van der Waals surface area contributed by atoms with Gasteiger partial charge >= 0.3 is 0 Å². The highest BCUT2D eigenvalue weighted by Crippen LogP contribution is 2.23. The molecule has 0 fully saturated rings. The van der Waals surface area contributed by atoms with Gasteiger partial charge in [-0.3, -0.25) is 0 Å². The lowest BCUT2D eigenvalue weighted by molar-refractivity contribution is 0.518. The van der Waals surface area contributed by atoms with Gasteiger partial charge in [-0.05, 0) is 23.1 Å². The predicted molar refractivity (Wildman–Crippen MR) is 104 cm³/mol. The van der Waals surface area contributed by atoms with Crippen LogP contribution in [0.15, 0.2) is 66.7 Å². The first-order valence-electron chi connectivity index (χ1n) is 8.61. The molecule has 124 valence electrons. The van der Waals surface area contributed by atoms with Crippen molar-refractivity contribution in [3.63, 3.8) is 0 Å². The molecule has 0 spiro atoms. The monoisotopic (exact) mass is 309 g/mol. The van der Waals surface area contributed by atoms with E-state index < -0.39 is 0 Å². The van der Waals surface area contributed by atoms with Crippen LogP contribution in [0.4, 0.5) is 0 Å². The molecule has 23 heavy (non-hydrogen) atoms. The summed E-state index contributed by atoms with van der Waals surface area (Å²) < 4.78 is 0. The van der Waals surface area contributed by atoms with Gasteiger partial charge in [0.05, 0.1) is 0 Å². The van der Waals surface area contributed by atoms with E-state index in [1.165, 1.54) is 16.7 Å². The molecular weight excluding hydrogens is 278 g/mol. The topological polar surface area (TPSA) is 12.0 Å². The van der Waals surface area contributed by atoms with Crippen molar-refractivity contribution in [1.82, 2.24) is 5.32 Å². The summed E-state index contributed by atoms with van der Waals surface area (Å²) in [5.74, 6) is 0. The van der Waals surface area contributed by atoms with E-state index in [0.717, 1.165) is 6.42 Å². The fourth-order valence-corrected chi connectivity index (χ4v) is 2.51. The molecular formula is C22H31N. The molecule has 0 saturated carbocycles. The third-order valence-corrected chi connectivity index (χ3v) is 3.24. The quantitative estimate of drug-likeness (QED) is 0.722. The Labute approximate surface area is 142 Å². The van der Waals surface area contributed by atoms with Crippen molar-refractivity contribution >= 4 is 5.57 Å². The van der Waals surface area contributed by atoms with Crippen LogP contribution in [0, 0.1) is 0 Å². The van der Waals surface area contributed by atoms with Crippen LogP contribution in [0.25, 0.3) is 5.57 Å². The summed E-state index contributed by atoms with van der Waals surface area (Å²) in [5, 5.41) is 3.31. The largest absolute Gasteiger partial charge is 0.312 e. The van der Waals surface area contributed by atoms with Crippen molar-refractivity contribution in [2.24, 2.45) is 0 Å². The smallest absolute Gasteiger partial charge is 0.00127 e. The minimum Gasteiger partial charge on any atom is -0.312 e. The van der Waals surface area contributed by atoms with Gasteiger partial charge in [-0.25, -0.2) is 0 Å². The summed E-state index contributed by atoms with van der Waals surface area (Å²) in [4.78, 5) is 0. The molecule has 0 aliphatic heterocycles.